The molecule has 0 heterocycles. The van der Waals surface area contributed by atoms with Gasteiger partial charge in [0, 0.05) is 5.41 Å². The molecule has 0 atom stereocenters. The van der Waals surface area contributed by atoms with Gasteiger partial charge in [-0.2, -0.15) is 22.3 Å². The molecule has 0 aliphatic rings. The molecule has 0 unspecified atom stereocenters. The quantitative estimate of drug-likeness (QED) is 0.170. The minimum absolute atomic E-state index is 0. The summed E-state index contributed by atoms with van der Waals surface area (Å²) in [4.78, 5) is 0. The molecule has 4 aromatic rings. The van der Waals surface area contributed by atoms with Crippen LogP contribution in [-0.4, -0.2) is 0 Å². The maximum absolute atomic E-state index is 2.38. The van der Waals surface area contributed by atoms with E-state index in [-0.39, 0.29) is 64.4 Å². The Labute approximate surface area is 245 Å². The van der Waals surface area contributed by atoms with E-state index in [2.05, 4.69) is 121 Å². The monoisotopic (exact) mass is 558 g/mol. The molecule has 0 aliphatic carbocycles. The molecule has 0 aliphatic heterocycles. The molecule has 0 amide bonds. The Kier molecular flexibility index (Phi) is 12.7. The van der Waals surface area contributed by atoms with Gasteiger partial charge in [-0.1, -0.05) is 117 Å². The van der Waals surface area contributed by atoms with Crippen molar-refractivity contribution in [3.8, 4) is 0 Å². The molecule has 0 spiro atoms. The molecule has 0 fully saturated rings. The third-order valence-electron chi connectivity index (χ3n) is 7.17. The average molecular weight is 560 g/mol. The Hall–Kier alpha value is -1.41. The molecule has 4 aromatic carbocycles. The number of halogens is 3. The summed E-state index contributed by atoms with van der Waals surface area (Å²) in [6.45, 7) is 15.7. The number of hydrogen-bond acceptors (Lipinski definition) is 0. The van der Waals surface area contributed by atoms with Crippen LogP contribution >= 0.6 is 0 Å². The molecule has 0 aromatic heterocycles. The molecule has 0 N–H and O–H groups in total. The molecule has 0 saturated heterocycles. The van der Waals surface area contributed by atoms with Gasteiger partial charge in [0.15, 0.2) is 0 Å². The summed E-state index contributed by atoms with van der Waals surface area (Å²) >= 11 is 0. The first kappa shape index (κ1) is 33.6. The van der Waals surface area contributed by atoms with E-state index in [0.717, 1.165) is 0 Å². The van der Waals surface area contributed by atoms with Crippen molar-refractivity contribution in [1.82, 2.24) is 0 Å². The van der Waals surface area contributed by atoms with Crippen molar-refractivity contribution in [2.45, 2.75) is 53.9 Å². The SMILES string of the molecule is Cc1cccc(C(c2cccc(C)c2)(c2cccc(C)c2)[c-]2c(C)c(C)c(C)c2C)c1.[Cl-].[Cl-].[Cl-].[Ti+4]. The first-order valence-corrected chi connectivity index (χ1v) is 11.2. The van der Waals surface area contributed by atoms with Gasteiger partial charge < -0.3 is 37.2 Å². The molecular weight excluding hydrogens is 527 g/mol. The van der Waals surface area contributed by atoms with Gasteiger partial charge in [0.25, 0.3) is 0 Å². The maximum atomic E-state index is 2.38. The Morgan fingerprint density at radius 2 is 0.771 bits per heavy atom. The molecule has 0 bridgehead atoms. The molecular formula is C31H33Cl3Ti. The topological polar surface area (TPSA) is 0 Å². The number of aryl methyl sites for hydroxylation is 3. The summed E-state index contributed by atoms with van der Waals surface area (Å²) < 4.78 is 0. The minimum atomic E-state index is -0.364. The van der Waals surface area contributed by atoms with Crippen LogP contribution in [0.5, 0.6) is 0 Å². The van der Waals surface area contributed by atoms with Gasteiger partial charge in [-0.05, 0) is 37.5 Å². The van der Waals surface area contributed by atoms with Crippen molar-refractivity contribution in [1.29, 1.82) is 0 Å². The molecule has 4 rings (SSSR count). The van der Waals surface area contributed by atoms with Crippen LogP contribution < -0.4 is 37.2 Å². The second-order valence-electron chi connectivity index (χ2n) is 9.23. The van der Waals surface area contributed by atoms with Gasteiger partial charge in [0.05, 0.1) is 0 Å². The fourth-order valence-electron chi connectivity index (χ4n) is 5.35. The van der Waals surface area contributed by atoms with E-state index < -0.39 is 0 Å². The van der Waals surface area contributed by atoms with Crippen molar-refractivity contribution in [3.63, 3.8) is 0 Å². The van der Waals surface area contributed by atoms with Gasteiger partial charge in [0.2, 0.25) is 0 Å². The number of hydrogen-bond donors (Lipinski definition) is 0. The van der Waals surface area contributed by atoms with Crippen LogP contribution in [0.1, 0.15) is 61.2 Å². The van der Waals surface area contributed by atoms with Crippen LogP contribution in [0.15, 0.2) is 72.8 Å². The molecule has 0 radical (unpaired) electrons. The molecule has 182 valence electrons. The summed E-state index contributed by atoms with van der Waals surface area (Å²) in [5.74, 6) is 0. The molecule has 4 heteroatoms. The van der Waals surface area contributed by atoms with Crippen LogP contribution in [0, 0.1) is 48.5 Å². The Bertz CT molecular complexity index is 1130. The van der Waals surface area contributed by atoms with Crippen molar-refractivity contribution in [2.24, 2.45) is 0 Å². The average Bonchev–Trinajstić information content (AvgIpc) is 2.93. The largest absolute Gasteiger partial charge is 4.00 e. The van der Waals surface area contributed by atoms with Crippen molar-refractivity contribution < 1.29 is 58.9 Å². The van der Waals surface area contributed by atoms with Gasteiger partial charge in [0.1, 0.15) is 0 Å². The summed E-state index contributed by atoms with van der Waals surface area (Å²) in [5.41, 5.74) is 14.6. The van der Waals surface area contributed by atoms with E-state index in [1.54, 1.807) is 0 Å². The fourth-order valence-corrected chi connectivity index (χ4v) is 5.35. The van der Waals surface area contributed by atoms with E-state index in [9.17, 15) is 0 Å². The first-order valence-electron chi connectivity index (χ1n) is 11.2. The van der Waals surface area contributed by atoms with Crippen LogP contribution in [0.25, 0.3) is 0 Å². The Balaban J connectivity index is 0.00000289. The van der Waals surface area contributed by atoms with E-state index in [0.29, 0.717) is 0 Å². The molecule has 35 heavy (non-hydrogen) atoms. The second-order valence-corrected chi connectivity index (χ2v) is 9.23. The van der Waals surface area contributed by atoms with Gasteiger partial charge in [-0.3, -0.25) is 0 Å². The number of rotatable bonds is 4. The van der Waals surface area contributed by atoms with Crippen molar-refractivity contribution in [2.75, 3.05) is 0 Å². The number of benzene rings is 3. The van der Waals surface area contributed by atoms with E-state index in [1.807, 2.05) is 0 Å². The van der Waals surface area contributed by atoms with Crippen LogP contribution in [0.4, 0.5) is 0 Å². The standard InChI is InChI=1S/C31H33.3ClH.Ti/c1-20-11-8-14-27(17-20)31(28-15-9-12-21(2)18-28,29-16-10-13-22(3)19-29)30-25(6)23(4)24(5)26(30)7;;;;/h8-19H,1-7H3;3*1H;/q-1;;;;+4/p-3. The third kappa shape index (κ3) is 5.79. The zero-order chi connectivity index (χ0) is 22.3. The summed E-state index contributed by atoms with van der Waals surface area (Å²) in [6, 6.07) is 27.3. The minimum Gasteiger partial charge on any atom is -1.00 e. The zero-order valence-electron chi connectivity index (χ0n) is 21.6. The van der Waals surface area contributed by atoms with Crippen LogP contribution in [-0.2, 0) is 27.1 Å². The summed E-state index contributed by atoms with van der Waals surface area (Å²) in [7, 11) is 0. The van der Waals surface area contributed by atoms with E-state index in [4.69, 9.17) is 0 Å². The zero-order valence-corrected chi connectivity index (χ0v) is 25.4. The van der Waals surface area contributed by atoms with Gasteiger partial charge >= 0.3 is 21.7 Å². The Morgan fingerprint density at radius 3 is 1.03 bits per heavy atom. The summed E-state index contributed by atoms with van der Waals surface area (Å²) in [6.07, 6.45) is 0. The fraction of sp³-hybridized carbons (Fsp3) is 0.258. The predicted molar refractivity (Wildman–Crippen MR) is 134 cm³/mol. The van der Waals surface area contributed by atoms with E-state index >= 15 is 0 Å². The first-order chi connectivity index (χ1) is 14.8. The summed E-state index contributed by atoms with van der Waals surface area (Å²) in [5, 5.41) is 0. The van der Waals surface area contributed by atoms with Crippen molar-refractivity contribution in [3.05, 3.63) is 134 Å². The third-order valence-corrected chi connectivity index (χ3v) is 7.17. The van der Waals surface area contributed by atoms with Gasteiger partial charge in [-0.25, -0.2) is 0 Å². The smallest absolute Gasteiger partial charge is 1.00 e. The van der Waals surface area contributed by atoms with E-state index in [1.165, 1.54) is 61.2 Å². The van der Waals surface area contributed by atoms with Crippen LogP contribution in [0.3, 0.4) is 0 Å². The maximum Gasteiger partial charge on any atom is 4.00 e. The van der Waals surface area contributed by atoms with Gasteiger partial charge in [-0.15, -0.1) is 5.56 Å². The normalized spacial score (nSPS) is 10.4. The second kappa shape index (κ2) is 13.2. The van der Waals surface area contributed by atoms with Crippen molar-refractivity contribution >= 4 is 0 Å². The van der Waals surface area contributed by atoms with Crippen LogP contribution in [0.2, 0.25) is 0 Å². The Morgan fingerprint density at radius 1 is 0.486 bits per heavy atom. The predicted octanol–water partition coefficient (Wildman–Crippen LogP) is -1.04. The molecule has 0 saturated carbocycles. The molecule has 0 nitrogen and oxygen atoms in total.